The van der Waals surface area contributed by atoms with Crippen LogP contribution in [0.5, 0.6) is 11.5 Å². The molecule has 14 nitrogen and oxygen atoms in total. The Kier molecular flexibility index (Phi) is 17.0. The van der Waals surface area contributed by atoms with Crippen molar-refractivity contribution in [2.75, 3.05) is 22.9 Å². The molecule has 0 atom stereocenters. The Bertz CT molecular complexity index is 2550. The fraction of sp³-hybridized carbons (Fsp3) is 0.304. The van der Waals surface area contributed by atoms with Crippen LogP contribution in [0.15, 0.2) is 89.4 Å². The Labute approximate surface area is 385 Å². The second-order valence-electron chi connectivity index (χ2n) is 15.3. The minimum Gasteiger partial charge on any atom is -0.507 e. The van der Waals surface area contributed by atoms with Crippen molar-refractivity contribution in [1.29, 1.82) is 0 Å². The van der Waals surface area contributed by atoms with Crippen molar-refractivity contribution in [3.8, 4) is 34.0 Å². The number of aromatic hydroxyl groups is 2. The molecule has 0 aliphatic heterocycles. The van der Waals surface area contributed by atoms with Gasteiger partial charge in [0, 0.05) is 27.8 Å². The molecule has 1 fully saturated rings. The third kappa shape index (κ3) is 13.1. The first-order valence-electron chi connectivity index (χ1n) is 20.9. The van der Waals surface area contributed by atoms with Crippen LogP contribution in [0.25, 0.3) is 33.7 Å². The lowest BCUT2D eigenvalue weighted by molar-refractivity contribution is 0.443. The molecule has 0 radical (unpaired) electrons. The maximum Gasteiger partial charge on any atom is 0.160 e. The molecular weight excluding hydrogens is 903 g/mol. The lowest BCUT2D eigenvalue weighted by Crippen LogP contribution is -2.10. The third-order valence-corrected chi connectivity index (χ3v) is 11.9. The van der Waals surface area contributed by atoms with Crippen LogP contribution in [0.1, 0.15) is 106 Å². The van der Waals surface area contributed by atoms with Gasteiger partial charge in [0.25, 0.3) is 0 Å². The molecule has 6 aromatic rings. The summed E-state index contributed by atoms with van der Waals surface area (Å²) in [6, 6.07) is 21.6. The quantitative estimate of drug-likeness (QED) is 0.0941. The first-order chi connectivity index (χ1) is 30.5. The van der Waals surface area contributed by atoms with Gasteiger partial charge in [0.15, 0.2) is 27.8 Å². The number of nitrogens with two attached hydrogens (primary N) is 4. The smallest absolute Gasteiger partial charge is 0.160 e. The number of hydrogen-bond acceptors (Lipinski definition) is 14. The second-order valence-corrected chi connectivity index (χ2v) is 16.9. The van der Waals surface area contributed by atoms with E-state index in [1.807, 2.05) is 36.4 Å². The van der Waals surface area contributed by atoms with Gasteiger partial charge >= 0.3 is 0 Å². The number of hydrogen-bond donors (Lipinski definition) is 6. The maximum atomic E-state index is 9.94. The molecule has 0 bridgehead atoms. The van der Waals surface area contributed by atoms with E-state index in [2.05, 4.69) is 68.9 Å². The first-order valence-corrected chi connectivity index (χ1v) is 22.5. The summed E-state index contributed by atoms with van der Waals surface area (Å²) in [7, 11) is 0. The fourth-order valence-corrected chi connectivity index (χ4v) is 8.34. The van der Waals surface area contributed by atoms with Gasteiger partial charge in [0.2, 0.25) is 0 Å². The Morgan fingerprint density at radius 3 is 1.48 bits per heavy atom. The van der Waals surface area contributed by atoms with Gasteiger partial charge in [-0.1, -0.05) is 78.9 Å². The van der Waals surface area contributed by atoms with Crippen molar-refractivity contribution in [2.45, 2.75) is 89.4 Å². The molecule has 0 saturated heterocycles. The molecule has 0 amide bonds. The molecule has 0 spiro atoms. The van der Waals surface area contributed by atoms with Crippen LogP contribution in [0.4, 0.5) is 23.3 Å². The van der Waals surface area contributed by atoms with E-state index in [9.17, 15) is 10.2 Å². The Morgan fingerprint density at radius 2 is 0.968 bits per heavy atom. The van der Waals surface area contributed by atoms with Crippen LogP contribution in [0.3, 0.4) is 0 Å². The van der Waals surface area contributed by atoms with Gasteiger partial charge in [-0.2, -0.15) is 0 Å². The number of nitrogens with zero attached hydrogens (tertiary/aromatic N) is 8. The van der Waals surface area contributed by atoms with Crippen LogP contribution in [-0.4, -0.2) is 51.0 Å². The van der Waals surface area contributed by atoms with Crippen LogP contribution in [-0.2, 0) is 0 Å². The summed E-state index contributed by atoms with van der Waals surface area (Å²) >= 11 is 14.4. The van der Waals surface area contributed by atoms with Gasteiger partial charge in [-0.15, -0.1) is 40.8 Å². The largest absolute Gasteiger partial charge is 0.507 e. The third-order valence-electron chi connectivity index (χ3n) is 10.9. The van der Waals surface area contributed by atoms with E-state index in [1.54, 1.807) is 36.4 Å². The molecule has 0 unspecified atom stereocenters. The Morgan fingerprint density at radius 1 is 0.492 bits per heavy atom. The average molecular weight is 955 g/mol. The molecule has 3 aliphatic rings. The topological polar surface area (TPSA) is 248 Å². The fourth-order valence-electron chi connectivity index (χ4n) is 7.62. The van der Waals surface area contributed by atoms with E-state index < -0.39 is 0 Å². The van der Waals surface area contributed by atoms with Crippen LogP contribution in [0, 0.1) is 0 Å². The number of phenolic OH excluding ortho intramolecular Hbond substituents is 2. The van der Waals surface area contributed by atoms with E-state index >= 15 is 0 Å². The number of halogens is 3. The maximum absolute atomic E-state index is 9.94. The Balaban J connectivity index is 0.000000145. The zero-order valence-corrected chi connectivity index (χ0v) is 37.9. The summed E-state index contributed by atoms with van der Waals surface area (Å²) in [6.45, 7) is 0. The summed E-state index contributed by atoms with van der Waals surface area (Å²) in [5.74, 6) is 2.70. The van der Waals surface area contributed by atoms with Gasteiger partial charge in [0.05, 0.1) is 15.9 Å². The Hall–Kier alpha value is -5.90. The van der Waals surface area contributed by atoms with Crippen molar-refractivity contribution in [2.24, 2.45) is 0 Å². The molecule has 10 N–H and O–H groups in total. The summed E-state index contributed by atoms with van der Waals surface area (Å²) in [6.07, 6.45) is 19.7. The van der Waals surface area contributed by atoms with Crippen molar-refractivity contribution in [3.05, 3.63) is 116 Å². The predicted octanol–water partition coefficient (Wildman–Crippen LogP) is 11.0. The van der Waals surface area contributed by atoms with E-state index in [1.165, 1.54) is 56.1 Å². The SMILES string of the molecule is Nc1nnc(-c2ccccc2O)cc1C1=CCCCC1.Nc1nnc(-c2ccccc2O)cc1C1CCCCC1.Nc1nnc(Cl)cc1Br.Nc1nnc(Cl)cc1C1=CCCCC1. The number of allylic oxidation sites excluding steroid dienone is 4. The molecule has 4 heterocycles. The molecule has 9 rings (SSSR count). The summed E-state index contributed by atoms with van der Waals surface area (Å²) in [5.41, 5.74) is 31.2. The van der Waals surface area contributed by atoms with Gasteiger partial charge in [0.1, 0.15) is 17.3 Å². The number of benzene rings is 2. The van der Waals surface area contributed by atoms with Gasteiger partial charge in [-0.25, -0.2) is 0 Å². The van der Waals surface area contributed by atoms with Crippen molar-refractivity contribution < 1.29 is 10.2 Å². The van der Waals surface area contributed by atoms with Crippen LogP contribution < -0.4 is 22.9 Å². The summed E-state index contributed by atoms with van der Waals surface area (Å²) in [5, 5.41) is 51.5. The number of nitrogen functional groups attached to an aromatic ring is 4. The number of phenols is 2. The average Bonchev–Trinajstić information content (AvgIpc) is 3.31. The number of rotatable bonds is 5. The summed E-state index contributed by atoms with van der Waals surface area (Å²) in [4.78, 5) is 0. The highest BCUT2D eigenvalue weighted by molar-refractivity contribution is 9.10. The zero-order chi connectivity index (χ0) is 44.7. The zero-order valence-electron chi connectivity index (χ0n) is 34.8. The lowest BCUT2D eigenvalue weighted by atomic mass is 9.84. The monoisotopic (exact) mass is 952 g/mol. The molecule has 17 heteroatoms. The van der Waals surface area contributed by atoms with Gasteiger partial charge in [-0.05, 0) is 146 Å². The molecule has 2 aromatic carbocycles. The highest BCUT2D eigenvalue weighted by atomic mass is 79.9. The van der Waals surface area contributed by atoms with Crippen LogP contribution in [0.2, 0.25) is 10.3 Å². The first kappa shape index (κ1) is 46.6. The normalized spacial score (nSPS) is 14.9. The van der Waals surface area contributed by atoms with Gasteiger partial charge in [-0.3, -0.25) is 0 Å². The van der Waals surface area contributed by atoms with E-state index in [-0.39, 0.29) is 11.5 Å². The van der Waals surface area contributed by atoms with E-state index in [4.69, 9.17) is 46.1 Å². The molecule has 63 heavy (non-hydrogen) atoms. The lowest BCUT2D eigenvalue weighted by Gasteiger charge is -2.23. The highest BCUT2D eigenvalue weighted by Crippen LogP contribution is 2.38. The number of para-hydroxylation sites is 2. The standard InChI is InChI=1S/C16H19N3O.C16H17N3O.C10H12ClN3.C4H3BrClN3/c2*17-16-13(11-6-2-1-3-7-11)10-14(18-19-16)12-8-4-5-9-15(12)20;11-9-6-8(10(12)14-13-9)7-4-2-1-3-5-7;5-2-1-3(6)8-9-4(2)7/h4-5,8-11,20H,1-3,6-7H2,(H2,17,19);4-6,8-10,20H,1-3,7H2,(H2,17,19);4,6H,1-3,5H2,(H2,12,14);1H,(H2,7,9). The molecule has 3 aliphatic carbocycles. The van der Waals surface area contributed by atoms with E-state index in [0.717, 1.165) is 55.2 Å². The minimum atomic E-state index is 0.204. The second kappa shape index (κ2) is 23.0. The van der Waals surface area contributed by atoms with Crippen molar-refractivity contribution >= 4 is 73.5 Å². The predicted molar refractivity (Wildman–Crippen MR) is 256 cm³/mol. The highest BCUT2D eigenvalue weighted by Gasteiger charge is 2.21. The molecule has 1 saturated carbocycles. The van der Waals surface area contributed by atoms with E-state index in [0.29, 0.717) is 66.5 Å². The molecule has 328 valence electrons. The minimum absolute atomic E-state index is 0.204. The van der Waals surface area contributed by atoms with Crippen molar-refractivity contribution in [1.82, 2.24) is 40.8 Å². The van der Waals surface area contributed by atoms with Gasteiger partial charge < -0.3 is 33.1 Å². The molecular formula is C46H51BrCl2N12O2. The number of anilines is 4. The summed E-state index contributed by atoms with van der Waals surface area (Å²) < 4.78 is 0.669. The van der Waals surface area contributed by atoms with Crippen LogP contribution >= 0.6 is 39.1 Å². The van der Waals surface area contributed by atoms with Crippen molar-refractivity contribution in [3.63, 3.8) is 0 Å². The molecule has 4 aromatic heterocycles. The number of aromatic nitrogens is 8.